The Morgan fingerprint density at radius 1 is 0.844 bits per heavy atom. The summed E-state index contributed by atoms with van der Waals surface area (Å²) in [6.45, 7) is -0.969. The van der Waals surface area contributed by atoms with Gasteiger partial charge in [-0.25, -0.2) is 0 Å². The van der Waals surface area contributed by atoms with Crippen molar-refractivity contribution in [2.45, 2.75) is 32.1 Å². The molecule has 0 atom stereocenters. The Morgan fingerprint density at radius 2 is 1.50 bits per heavy atom. The van der Waals surface area contributed by atoms with Crippen molar-refractivity contribution in [3.63, 3.8) is 0 Å². The van der Waals surface area contributed by atoms with Gasteiger partial charge in [-0.05, 0) is 49.2 Å². The fourth-order valence-electron chi connectivity index (χ4n) is 3.39. The molecule has 0 bridgehead atoms. The molecule has 2 N–H and O–H groups in total. The van der Waals surface area contributed by atoms with Crippen molar-refractivity contribution < 1.29 is 28.7 Å². The van der Waals surface area contributed by atoms with Gasteiger partial charge in [0.25, 0.3) is 11.8 Å². The van der Waals surface area contributed by atoms with E-state index in [9.17, 15) is 19.2 Å². The number of carbonyl (C=O) groups is 4. The molecule has 1 fully saturated rings. The van der Waals surface area contributed by atoms with Crippen molar-refractivity contribution in [2.75, 3.05) is 13.2 Å². The van der Waals surface area contributed by atoms with Gasteiger partial charge in [-0.3, -0.25) is 24.5 Å². The van der Waals surface area contributed by atoms with Crippen LogP contribution in [-0.4, -0.2) is 36.8 Å². The number of esters is 1. The molecular formula is C24H26N2O6. The lowest BCUT2D eigenvalue weighted by Crippen LogP contribution is -2.39. The Bertz CT molecular complexity index is 937. The van der Waals surface area contributed by atoms with Crippen molar-refractivity contribution in [1.29, 1.82) is 0 Å². The summed E-state index contributed by atoms with van der Waals surface area (Å²) in [4.78, 5) is 47.8. The van der Waals surface area contributed by atoms with Crippen LogP contribution in [0.1, 0.15) is 42.5 Å². The summed E-state index contributed by atoms with van der Waals surface area (Å²) in [5.74, 6) is -1.15. The number of carbonyl (C=O) groups excluding carboxylic acids is 4. The number of imide groups is 1. The predicted octanol–water partition coefficient (Wildman–Crippen LogP) is 2.98. The van der Waals surface area contributed by atoms with E-state index in [1.54, 1.807) is 24.3 Å². The molecule has 32 heavy (non-hydrogen) atoms. The summed E-state index contributed by atoms with van der Waals surface area (Å²) in [5.41, 5.74) is 0.342. The molecule has 2 aromatic carbocycles. The summed E-state index contributed by atoms with van der Waals surface area (Å²) >= 11 is 0. The van der Waals surface area contributed by atoms with Gasteiger partial charge in [0.05, 0.1) is 0 Å². The molecule has 2 aromatic rings. The van der Waals surface area contributed by atoms with Gasteiger partial charge < -0.3 is 14.8 Å². The second-order valence-corrected chi connectivity index (χ2v) is 7.53. The molecule has 3 amide bonds. The molecule has 0 radical (unpaired) electrons. The van der Waals surface area contributed by atoms with Gasteiger partial charge in [-0.2, -0.15) is 0 Å². The van der Waals surface area contributed by atoms with Crippen LogP contribution in [0.4, 0.5) is 0 Å². The third-order valence-electron chi connectivity index (χ3n) is 5.09. The van der Waals surface area contributed by atoms with E-state index in [4.69, 9.17) is 9.47 Å². The summed E-state index contributed by atoms with van der Waals surface area (Å²) < 4.78 is 10.5. The fraction of sp³-hybridized carbons (Fsp3) is 0.333. The first-order valence-electron chi connectivity index (χ1n) is 10.6. The molecule has 8 heteroatoms. The maximum absolute atomic E-state index is 12.2. The van der Waals surface area contributed by atoms with E-state index in [0.717, 1.165) is 32.1 Å². The lowest BCUT2D eigenvalue weighted by atomic mass is 9.89. The summed E-state index contributed by atoms with van der Waals surface area (Å²) in [5, 5.41) is 4.70. The topological polar surface area (TPSA) is 111 Å². The number of nitrogens with one attached hydrogen (secondary N) is 2. The average Bonchev–Trinajstić information content (AvgIpc) is 2.83. The van der Waals surface area contributed by atoms with Crippen LogP contribution in [0.15, 0.2) is 54.6 Å². The SMILES string of the molecule is O=C(COC(=O)CNC(=O)c1ccc(Oc2ccccc2)cc1)NC(=O)C1CCCCC1. The second kappa shape index (κ2) is 11.6. The Kier molecular flexibility index (Phi) is 8.36. The molecule has 0 aliphatic heterocycles. The van der Waals surface area contributed by atoms with Gasteiger partial charge in [0.2, 0.25) is 5.91 Å². The zero-order valence-electron chi connectivity index (χ0n) is 17.7. The molecule has 168 valence electrons. The lowest BCUT2D eigenvalue weighted by Gasteiger charge is -2.20. The molecule has 3 rings (SSSR count). The van der Waals surface area contributed by atoms with Gasteiger partial charge >= 0.3 is 5.97 Å². The molecule has 0 spiro atoms. The molecule has 1 aliphatic carbocycles. The van der Waals surface area contributed by atoms with Gasteiger partial charge in [0.1, 0.15) is 18.0 Å². The van der Waals surface area contributed by atoms with E-state index in [2.05, 4.69) is 10.6 Å². The zero-order chi connectivity index (χ0) is 22.8. The largest absolute Gasteiger partial charge is 0.457 e. The van der Waals surface area contributed by atoms with Crippen LogP contribution in [0.25, 0.3) is 0 Å². The molecular weight excluding hydrogens is 412 g/mol. The smallest absolute Gasteiger partial charge is 0.325 e. The third-order valence-corrected chi connectivity index (χ3v) is 5.09. The van der Waals surface area contributed by atoms with Gasteiger partial charge in [0.15, 0.2) is 6.61 Å². The van der Waals surface area contributed by atoms with Gasteiger partial charge in [-0.15, -0.1) is 0 Å². The number of benzene rings is 2. The van der Waals surface area contributed by atoms with E-state index in [1.165, 1.54) is 0 Å². The summed E-state index contributed by atoms with van der Waals surface area (Å²) in [6, 6.07) is 15.7. The van der Waals surface area contributed by atoms with E-state index in [-0.39, 0.29) is 11.8 Å². The van der Waals surface area contributed by atoms with E-state index in [1.807, 2.05) is 30.3 Å². The van der Waals surface area contributed by atoms with Crippen molar-refractivity contribution in [3.05, 3.63) is 60.2 Å². The quantitative estimate of drug-likeness (QED) is 0.613. The number of amides is 3. The number of ether oxygens (including phenoxy) is 2. The van der Waals surface area contributed by atoms with Crippen molar-refractivity contribution in [2.24, 2.45) is 5.92 Å². The Hall–Kier alpha value is -3.68. The Morgan fingerprint density at radius 3 is 2.19 bits per heavy atom. The maximum Gasteiger partial charge on any atom is 0.325 e. The lowest BCUT2D eigenvalue weighted by molar-refractivity contribution is -0.149. The molecule has 0 saturated heterocycles. The predicted molar refractivity (Wildman–Crippen MR) is 116 cm³/mol. The summed E-state index contributed by atoms with van der Waals surface area (Å²) in [6.07, 6.45) is 4.59. The number of hydrogen-bond donors (Lipinski definition) is 2. The van der Waals surface area contributed by atoms with E-state index >= 15 is 0 Å². The van der Waals surface area contributed by atoms with Crippen molar-refractivity contribution in [1.82, 2.24) is 10.6 Å². The molecule has 8 nitrogen and oxygen atoms in total. The first-order chi connectivity index (χ1) is 15.5. The molecule has 1 aliphatic rings. The fourth-order valence-corrected chi connectivity index (χ4v) is 3.39. The van der Waals surface area contributed by atoms with Gasteiger partial charge in [0, 0.05) is 11.5 Å². The standard InChI is InChI=1S/C24H26N2O6/c27-21(26-24(30)17-7-3-1-4-8-17)16-31-22(28)15-25-23(29)18-11-13-20(14-12-18)32-19-9-5-2-6-10-19/h2,5-6,9-14,17H,1,3-4,7-8,15-16H2,(H,25,29)(H,26,27,30). The minimum Gasteiger partial charge on any atom is -0.457 e. The monoisotopic (exact) mass is 438 g/mol. The molecule has 0 aromatic heterocycles. The highest BCUT2D eigenvalue weighted by molar-refractivity contribution is 5.98. The van der Waals surface area contributed by atoms with E-state index in [0.29, 0.717) is 17.1 Å². The summed E-state index contributed by atoms with van der Waals surface area (Å²) in [7, 11) is 0. The van der Waals surface area contributed by atoms with Crippen LogP contribution in [0.3, 0.4) is 0 Å². The van der Waals surface area contributed by atoms with Crippen LogP contribution >= 0.6 is 0 Å². The highest BCUT2D eigenvalue weighted by Gasteiger charge is 2.23. The first kappa shape index (κ1) is 23.0. The van der Waals surface area contributed by atoms with Crippen LogP contribution in [-0.2, 0) is 19.1 Å². The first-order valence-corrected chi connectivity index (χ1v) is 10.6. The average molecular weight is 438 g/mol. The van der Waals surface area contributed by atoms with Crippen LogP contribution in [0, 0.1) is 5.92 Å². The van der Waals surface area contributed by atoms with Crippen LogP contribution in [0.2, 0.25) is 0 Å². The molecule has 0 heterocycles. The minimum atomic E-state index is -0.775. The Balaban J connectivity index is 1.36. The molecule has 1 saturated carbocycles. The van der Waals surface area contributed by atoms with Crippen LogP contribution in [0.5, 0.6) is 11.5 Å². The van der Waals surface area contributed by atoms with Crippen LogP contribution < -0.4 is 15.4 Å². The number of rotatable bonds is 8. The minimum absolute atomic E-state index is 0.160. The number of para-hydroxylation sites is 1. The normalized spacial score (nSPS) is 13.6. The Labute approximate surface area is 186 Å². The third kappa shape index (κ3) is 7.23. The van der Waals surface area contributed by atoms with Crippen molar-refractivity contribution >= 4 is 23.7 Å². The number of hydrogen-bond acceptors (Lipinski definition) is 6. The van der Waals surface area contributed by atoms with Gasteiger partial charge in [-0.1, -0.05) is 37.5 Å². The van der Waals surface area contributed by atoms with E-state index < -0.39 is 30.9 Å². The molecule has 0 unspecified atom stereocenters. The highest BCUT2D eigenvalue weighted by Crippen LogP contribution is 2.23. The maximum atomic E-state index is 12.2. The second-order valence-electron chi connectivity index (χ2n) is 7.53. The van der Waals surface area contributed by atoms with Crippen molar-refractivity contribution in [3.8, 4) is 11.5 Å². The zero-order valence-corrected chi connectivity index (χ0v) is 17.7. The highest BCUT2D eigenvalue weighted by atomic mass is 16.5.